The van der Waals surface area contributed by atoms with Crippen LogP contribution < -0.4 is 19.5 Å². The molecule has 0 fully saturated rings. The molecule has 2 aromatic carbocycles. The molecule has 0 bridgehead atoms. The molecule has 112 valence electrons. The third-order valence-electron chi connectivity index (χ3n) is 3.11. The number of nitrogens with one attached hydrogen (secondary N) is 1. The maximum absolute atomic E-state index is 12.2. The van der Waals surface area contributed by atoms with E-state index >= 15 is 0 Å². The van der Waals surface area contributed by atoms with Gasteiger partial charge in [0.05, 0.1) is 0 Å². The van der Waals surface area contributed by atoms with Crippen molar-refractivity contribution < 1.29 is 19.0 Å². The summed E-state index contributed by atoms with van der Waals surface area (Å²) >= 11 is 0. The van der Waals surface area contributed by atoms with Gasteiger partial charge in [0.25, 0.3) is 5.91 Å². The Labute approximate surface area is 128 Å². The smallest absolute Gasteiger partial charge is 0.255 e. The molecule has 22 heavy (non-hydrogen) atoms. The number of anilines is 1. The van der Waals surface area contributed by atoms with Crippen LogP contribution in [0, 0.1) is 0 Å². The van der Waals surface area contributed by atoms with Crippen LogP contribution in [0.2, 0.25) is 0 Å². The van der Waals surface area contributed by atoms with Gasteiger partial charge in [0.2, 0.25) is 6.79 Å². The van der Waals surface area contributed by atoms with Crippen LogP contribution in [0.25, 0.3) is 0 Å². The summed E-state index contributed by atoms with van der Waals surface area (Å²) < 4.78 is 15.9. The van der Waals surface area contributed by atoms with Crippen molar-refractivity contribution in [1.82, 2.24) is 0 Å². The van der Waals surface area contributed by atoms with Crippen molar-refractivity contribution >= 4 is 11.6 Å². The highest BCUT2D eigenvalue weighted by Gasteiger charge is 2.14. The van der Waals surface area contributed by atoms with Gasteiger partial charge >= 0.3 is 0 Å². The van der Waals surface area contributed by atoms with Crippen molar-refractivity contribution in [3.05, 3.63) is 60.7 Å². The second kappa shape index (κ2) is 6.22. The van der Waals surface area contributed by atoms with Gasteiger partial charge in [0.15, 0.2) is 11.5 Å². The van der Waals surface area contributed by atoms with Crippen LogP contribution in [0.15, 0.2) is 55.1 Å². The summed E-state index contributed by atoms with van der Waals surface area (Å²) in [7, 11) is 0. The molecule has 0 saturated carbocycles. The van der Waals surface area contributed by atoms with Gasteiger partial charge < -0.3 is 19.5 Å². The van der Waals surface area contributed by atoms with Gasteiger partial charge in [-0.1, -0.05) is 12.7 Å². The Hall–Kier alpha value is -2.95. The van der Waals surface area contributed by atoms with Crippen LogP contribution in [0.5, 0.6) is 17.2 Å². The molecule has 0 unspecified atom stereocenters. The highest BCUT2D eigenvalue weighted by Crippen LogP contribution is 2.34. The number of carbonyl (C=O) groups is 1. The average molecular weight is 297 g/mol. The first kappa shape index (κ1) is 14.0. The summed E-state index contributed by atoms with van der Waals surface area (Å²) in [5.41, 5.74) is 1.20. The summed E-state index contributed by atoms with van der Waals surface area (Å²) in [4.78, 5) is 12.2. The van der Waals surface area contributed by atoms with Gasteiger partial charge in [-0.25, -0.2) is 0 Å². The lowest BCUT2D eigenvalue weighted by atomic mass is 10.2. The Morgan fingerprint density at radius 3 is 2.73 bits per heavy atom. The second-order valence-electron chi connectivity index (χ2n) is 4.65. The third kappa shape index (κ3) is 3.03. The Bertz CT molecular complexity index is 694. The summed E-state index contributed by atoms with van der Waals surface area (Å²) in [6.07, 6.45) is 1.67. The minimum atomic E-state index is -0.200. The lowest BCUT2D eigenvalue weighted by Crippen LogP contribution is -2.11. The van der Waals surface area contributed by atoms with Gasteiger partial charge in [-0.05, 0) is 36.4 Å². The molecule has 0 aliphatic carbocycles. The zero-order valence-corrected chi connectivity index (χ0v) is 11.9. The Balaban J connectivity index is 1.67. The average Bonchev–Trinajstić information content (AvgIpc) is 3.01. The van der Waals surface area contributed by atoms with E-state index in [1.807, 2.05) is 0 Å². The first-order chi connectivity index (χ1) is 10.8. The number of carbonyl (C=O) groups excluding carboxylic acids is 1. The summed E-state index contributed by atoms with van der Waals surface area (Å²) in [5.74, 6) is 1.81. The summed E-state index contributed by atoms with van der Waals surface area (Å²) in [6, 6.07) is 12.2. The molecule has 0 spiro atoms. The standard InChI is InChI=1S/C17H15NO4/c1-2-9-20-14-6-3-12(4-7-14)17(19)18-13-5-8-15-16(10-13)22-11-21-15/h2-8,10H,1,9,11H2,(H,18,19). The van der Waals surface area contributed by atoms with Crippen molar-refractivity contribution in [2.24, 2.45) is 0 Å². The van der Waals surface area contributed by atoms with Gasteiger partial charge in [-0.15, -0.1) is 0 Å². The van der Waals surface area contributed by atoms with Gasteiger partial charge in [-0.2, -0.15) is 0 Å². The quantitative estimate of drug-likeness (QED) is 0.861. The van der Waals surface area contributed by atoms with Crippen molar-refractivity contribution in [2.75, 3.05) is 18.7 Å². The molecule has 0 atom stereocenters. The van der Waals surface area contributed by atoms with Crippen molar-refractivity contribution in [3.8, 4) is 17.2 Å². The Kier molecular flexibility index (Phi) is 3.96. The van der Waals surface area contributed by atoms with E-state index in [9.17, 15) is 4.79 Å². The maximum atomic E-state index is 12.2. The fraction of sp³-hybridized carbons (Fsp3) is 0.118. The van der Waals surface area contributed by atoms with E-state index in [0.717, 1.165) is 0 Å². The molecule has 1 aliphatic heterocycles. The van der Waals surface area contributed by atoms with E-state index in [4.69, 9.17) is 14.2 Å². The van der Waals surface area contributed by atoms with Gasteiger partial charge in [-0.3, -0.25) is 4.79 Å². The van der Waals surface area contributed by atoms with Crippen LogP contribution in [-0.2, 0) is 0 Å². The molecular formula is C17H15NO4. The van der Waals surface area contributed by atoms with Crippen LogP contribution in [0.4, 0.5) is 5.69 Å². The second-order valence-corrected chi connectivity index (χ2v) is 4.65. The lowest BCUT2D eigenvalue weighted by Gasteiger charge is -2.07. The predicted molar refractivity (Wildman–Crippen MR) is 82.7 cm³/mol. The minimum absolute atomic E-state index is 0.200. The molecule has 1 N–H and O–H groups in total. The third-order valence-corrected chi connectivity index (χ3v) is 3.11. The van der Waals surface area contributed by atoms with Crippen LogP contribution in [-0.4, -0.2) is 19.3 Å². The highest BCUT2D eigenvalue weighted by atomic mass is 16.7. The van der Waals surface area contributed by atoms with E-state index in [1.165, 1.54) is 0 Å². The van der Waals surface area contributed by atoms with Crippen LogP contribution >= 0.6 is 0 Å². The molecule has 1 heterocycles. The molecule has 0 saturated heterocycles. The van der Waals surface area contributed by atoms with Gasteiger partial charge in [0.1, 0.15) is 12.4 Å². The van der Waals surface area contributed by atoms with E-state index in [-0.39, 0.29) is 12.7 Å². The van der Waals surface area contributed by atoms with E-state index in [0.29, 0.717) is 35.1 Å². The number of benzene rings is 2. The Morgan fingerprint density at radius 2 is 1.95 bits per heavy atom. The zero-order chi connectivity index (χ0) is 15.4. The molecule has 3 rings (SSSR count). The lowest BCUT2D eigenvalue weighted by molar-refractivity contribution is 0.102. The fourth-order valence-corrected chi connectivity index (χ4v) is 2.04. The Morgan fingerprint density at radius 1 is 1.18 bits per heavy atom. The maximum Gasteiger partial charge on any atom is 0.255 e. The van der Waals surface area contributed by atoms with E-state index in [2.05, 4.69) is 11.9 Å². The predicted octanol–water partition coefficient (Wildman–Crippen LogP) is 3.23. The number of hydrogen-bond acceptors (Lipinski definition) is 4. The van der Waals surface area contributed by atoms with Gasteiger partial charge in [0, 0.05) is 17.3 Å². The monoisotopic (exact) mass is 297 g/mol. The number of ether oxygens (including phenoxy) is 3. The topological polar surface area (TPSA) is 56.8 Å². The summed E-state index contributed by atoms with van der Waals surface area (Å²) in [6.45, 7) is 4.23. The van der Waals surface area contributed by atoms with E-state index < -0.39 is 0 Å². The number of amides is 1. The van der Waals surface area contributed by atoms with Crippen LogP contribution in [0.1, 0.15) is 10.4 Å². The molecule has 1 amide bonds. The van der Waals surface area contributed by atoms with Crippen molar-refractivity contribution in [1.29, 1.82) is 0 Å². The number of fused-ring (bicyclic) bond motifs is 1. The molecule has 5 heteroatoms. The number of hydrogen-bond donors (Lipinski definition) is 1. The fourth-order valence-electron chi connectivity index (χ4n) is 2.04. The molecule has 1 aliphatic rings. The molecule has 5 nitrogen and oxygen atoms in total. The molecule has 0 aromatic heterocycles. The van der Waals surface area contributed by atoms with Crippen LogP contribution in [0.3, 0.4) is 0 Å². The van der Waals surface area contributed by atoms with Crippen molar-refractivity contribution in [2.45, 2.75) is 0 Å². The first-order valence-corrected chi connectivity index (χ1v) is 6.81. The molecule has 2 aromatic rings. The minimum Gasteiger partial charge on any atom is -0.490 e. The SMILES string of the molecule is C=CCOc1ccc(C(=O)Nc2ccc3c(c2)OCO3)cc1. The molecular weight excluding hydrogens is 282 g/mol. The first-order valence-electron chi connectivity index (χ1n) is 6.81. The highest BCUT2D eigenvalue weighted by molar-refractivity contribution is 6.04. The zero-order valence-electron chi connectivity index (χ0n) is 11.9. The van der Waals surface area contributed by atoms with Crippen molar-refractivity contribution in [3.63, 3.8) is 0 Å². The molecule has 0 radical (unpaired) electrons. The largest absolute Gasteiger partial charge is 0.490 e. The van der Waals surface area contributed by atoms with E-state index in [1.54, 1.807) is 48.5 Å². The normalized spacial score (nSPS) is 11.8. The summed E-state index contributed by atoms with van der Waals surface area (Å²) in [5, 5.41) is 2.82. The number of rotatable bonds is 5.